The third-order valence-corrected chi connectivity index (χ3v) is 5.51. The van der Waals surface area contributed by atoms with Crippen LogP contribution in [0.15, 0.2) is 36.4 Å². The minimum Gasteiger partial charge on any atom is -0.430 e. The van der Waals surface area contributed by atoms with Gasteiger partial charge in [0.2, 0.25) is 0 Å². The fourth-order valence-electron chi connectivity index (χ4n) is 3.20. The second-order valence-corrected chi connectivity index (χ2v) is 8.16. The van der Waals surface area contributed by atoms with Crippen LogP contribution in [-0.4, -0.2) is 34.4 Å². The average molecular weight is 396 g/mol. The Morgan fingerprint density at radius 3 is 2.46 bits per heavy atom. The monoisotopic (exact) mass is 395 g/mol. The maximum Gasteiger partial charge on any atom is 0.299 e. The van der Waals surface area contributed by atoms with E-state index in [2.05, 4.69) is 73.3 Å². The summed E-state index contributed by atoms with van der Waals surface area (Å²) in [5, 5.41) is 0.577. The molecule has 0 unspecified atom stereocenters. The molecule has 4 nitrogen and oxygen atoms in total. The van der Waals surface area contributed by atoms with Gasteiger partial charge >= 0.3 is 0 Å². The number of nitrogens with zero attached hydrogens (tertiary/aromatic N) is 3. The number of rotatable bonds is 8. The Morgan fingerprint density at radius 2 is 1.75 bits per heavy atom. The average Bonchev–Trinajstić information content (AvgIpc) is 3.12. The Morgan fingerprint density at radius 1 is 1.00 bits per heavy atom. The van der Waals surface area contributed by atoms with Crippen molar-refractivity contribution in [2.45, 2.75) is 40.5 Å². The topological polar surface area (TPSA) is 38.2 Å². The molecule has 0 N–H and O–H groups in total. The predicted molar refractivity (Wildman–Crippen MR) is 118 cm³/mol. The summed E-state index contributed by atoms with van der Waals surface area (Å²) in [6.07, 6.45) is 2.24. The molecular formula is C23H29N3OS. The predicted octanol–water partition coefficient (Wildman–Crippen LogP) is 5.81. The Balaban J connectivity index is 1.71. The molecule has 148 valence electrons. The van der Waals surface area contributed by atoms with Crippen LogP contribution >= 0.6 is 11.5 Å². The molecule has 0 radical (unpaired) electrons. The van der Waals surface area contributed by atoms with Gasteiger partial charge in [-0.25, -0.2) is 0 Å². The number of likely N-dealkylation sites (N-methyl/N-ethyl adjacent to an activating group) is 1. The van der Waals surface area contributed by atoms with Crippen molar-refractivity contribution in [1.29, 1.82) is 0 Å². The standard InChI is InChI=1S/C23H29N3OS/c1-6-12-26(5)13-11-20-14-18(4)21(15-17(20)3)27-23-24-22(25-28-23)19-9-7-16(2)8-10-19/h7-10,14-15H,6,11-13H2,1-5H3. The third kappa shape index (κ3) is 5.18. The molecule has 0 atom stereocenters. The lowest BCUT2D eigenvalue weighted by atomic mass is 10.0. The van der Waals surface area contributed by atoms with Crippen molar-refractivity contribution < 1.29 is 4.74 Å². The van der Waals surface area contributed by atoms with Crippen molar-refractivity contribution in [2.24, 2.45) is 0 Å². The van der Waals surface area contributed by atoms with Crippen molar-refractivity contribution in [3.8, 4) is 22.3 Å². The lowest BCUT2D eigenvalue weighted by Gasteiger charge is -2.17. The summed E-state index contributed by atoms with van der Waals surface area (Å²) in [7, 11) is 2.18. The molecule has 0 bridgehead atoms. The molecule has 0 saturated carbocycles. The minimum atomic E-state index is 0.577. The summed E-state index contributed by atoms with van der Waals surface area (Å²) in [5.74, 6) is 1.57. The van der Waals surface area contributed by atoms with Crippen molar-refractivity contribution >= 4 is 11.5 Å². The molecule has 3 aromatic rings. The van der Waals surface area contributed by atoms with Gasteiger partial charge in [0.1, 0.15) is 5.75 Å². The van der Waals surface area contributed by atoms with Crippen LogP contribution in [0.3, 0.4) is 0 Å². The van der Waals surface area contributed by atoms with Gasteiger partial charge < -0.3 is 9.64 Å². The van der Waals surface area contributed by atoms with E-state index in [0.29, 0.717) is 11.0 Å². The van der Waals surface area contributed by atoms with Crippen LogP contribution < -0.4 is 4.74 Å². The van der Waals surface area contributed by atoms with Crippen molar-refractivity contribution in [2.75, 3.05) is 20.1 Å². The summed E-state index contributed by atoms with van der Waals surface area (Å²) in [4.78, 5) is 6.94. The van der Waals surface area contributed by atoms with Crippen LogP contribution in [0, 0.1) is 20.8 Å². The van der Waals surface area contributed by atoms with Gasteiger partial charge in [-0.3, -0.25) is 0 Å². The first-order valence-electron chi connectivity index (χ1n) is 9.83. The highest BCUT2D eigenvalue weighted by Gasteiger charge is 2.12. The van der Waals surface area contributed by atoms with Gasteiger partial charge in [-0.15, -0.1) is 0 Å². The summed E-state index contributed by atoms with van der Waals surface area (Å²) in [6, 6.07) is 12.6. The smallest absolute Gasteiger partial charge is 0.299 e. The van der Waals surface area contributed by atoms with Gasteiger partial charge in [-0.05, 0) is 70.0 Å². The molecule has 0 aliphatic heterocycles. The van der Waals surface area contributed by atoms with E-state index < -0.39 is 0 Å². The zero-order valence-electron chi connectivity index (χ0n) is 17.5. The maximum atomic E-state index is 6.07. The highest BCUT2D eigenvalue weighted by Crippen LogP contribution is 2.31. The summed E-state index contributed by atoms with van der Waals surface area (Å²) >= 11 is 1.29. The van der Waals surface area contributed by atoms with Crippen LogP contribution in [0.25, 0.3) is 11.4 Å². The number of hydrogen-bond donors (Lipinski definition) is 0. The number of benzene rings is 2. The fraction of sp³-hybridized carbons (Fsp3) is 0.391. The molecule has 0 fully saturated rings. The first-order valence-corrected chi connectivity index (χ1v) is 10.6. The molecule has 0 aliphatic carbocycles. The number of ether oxygens (including phenoxy) is 1. The van der Waals surface area contributed by atoms with Crippen molar-refractivity contribution in [3.05, 3.63) is 58.7 Å². The summed E-state index contributed by atoms with van der Waals surface area (Å²) < 4.78 is 10.5. The maximum absolute atomic E-state index is 6.07. The quantitative estimate of drug-likeness (QED) is 0.483. The van der Waals surface area contributed by atoms with Gasteiger partial charge in [-0.2, -0.15) is 9.36 Å². The first kappa shape index (κ1) is 20.5. The van der Waals surface area contributed by atoms with E-state index in [1.54, 1.807) is 0 Å². The lowest BCUT2D eigenvalue weighted by Crippen LogP contribution is -2.22. The molecule has 28 heavy (non-hydrogen) atoms. The van der Waals surface area contributed by atoms with E-state index in [1.165, 1.54) is 34.6 Å². The molecule has 0 amide bonds. The van der Waals surface area contributed by atoms with E-state index in [4.69, 9.17) is 4.74 Å². The second kappa shape index (κ2) is 9.30. The number of aromatic nitrogens is 2. The van der Waals surface area contributed by atoms with Gasteiger partial charge in [0.25, 0.3) is 5.19 Å². The van der Waals surface area contributed by atoms with E-state index in [0.717, 1.165) is 36.4 Å². The number of aryl methyl sites for hydroxylation is 3. The van der Waals surface area contributed by atoms with E-state index in [-0.39, 0.29) is 0 Å². The van der Waals surface area contributed by atoms with Crippen LogP contribution in [0.5, 0.6) is 10.9 Å². The molecule has 0 spiro atoms. The first-order chi connectivity index (χ1) is 13.5. The summed E-state index contributed by atoms with van der Waals surface area (Å²) in [5.41, 5.74) is 6.00. The van der Waals surface area contributed by atoms with Crippen molar-refractivity contribution in [3.63, 3.8) is 0 Å². The molecule has 0 aliphatic rings. The van der Waals surface area contributed by atoms with E-state index >= 15 is 0 Å². The fourth-order valence-corrected chi connectivity index (χ4v) is 3.76. The van der Waals surface area contributed by atoms with Crippen LogP contribution in [0.2, 0.25) is 0 Å². The second-order valence-electron chi connectivity index (χ2n) is 7.45. The van der Waals surface area contributed by atoms with Crippen LogP contribution in [0.4, 0.5) is 0 Å². The van der Waals surface area contributed by atoms with Gasteiger partial charge in [-0.1, -0.05) is 42.8 Å². The van der Waals surface area contributed by atoms with E-state index in [1.807, 2.05) is 12.1 Å². The van der Waals surface area contributed by atoms with E-state index in [9.17, 15) is 0 Å². The lowest BCUT2D eigenvalue weighted by molar-refractivity contribution is 0.339. The van der Waals surface area contributed by atoms with Crippen LogP contribution in [0.1, 0.15) is 35.6 Å². The highest BCUT2D eigenvalue weighted by molar-refractivity contribution is 7.07. The molecular weight excluding hydrogens is 366 g/mol. The Bertz CT molecular complexity index is 918. The zero-order valence-corrected chi connectivity index (χ0v) is 18.3. The highest BCUT2D eigenvalue weighted by atomic mass is 32.1. The van der Waals surface area contributed by atoms with Crippen LogP contribution in [-0.2, 0) is 6.42 Å². The van der Waals surface area contributed by atoms with Crippen molar-refractivity contribution in [1.82, 2.24) is 14.3 Å². The number of hydrogen-bond acceptors (Lipinski definition) is 5. The van der Waals surface area contributed by atoms with Gasteiger partial charge in [0.15, 0.2) is 5.82 Å². The normalized spacial score (nSPS) is 11.2. The zero-order chi connectivity index (χ0) is 20.1. The van der Waals surface area contributed by atoms with Gasteiger partial charge in [0, 0.05) is 23.6 Å². The molecule has 5 heteroatoms. The third-order valence-electron chi connectivity index (χ3n) is 4.92. The Hall–Kier alpha value is -2.24. The molecule has 1 heterocycles. The largest absolute Gasteiger partial charge is 0.430 e. The van der Waals surface area contributed by atoms with Gasteiger partial charge in [0.05, 0.1) is 0 Å². The molecule has 2 aromatic carbocycles. The Labute approximate surface area is 172 Å². The SMILES string of the molecule is CCCN(C)CCc1cc(C)c(Oc2nc(-c3ccc(C)cc3)ns2)cc1C. The minimum absolute atomic E-state index is 0.577. The summed E-state index contributed by atoms with van der Waals surface area (Å²) in [6.45, 7) is 10.7. The molecule has 3 rings (SSSR count). The Kier molecular flexibility index (Phi) is 6.81. The molecule has 1 aromatic heterocycles. The molecule has 0 saturated heterocycles.